The number of fused-ring (bicyclic) bond motifs is 1. The van der Waals surface area contributed by atoms with Crippen molar-refractivity contribution in [3.05, 3.63) is 35.1 Å². The van der Waals surface area contributed by atoms with Crippen LogP contribution in [0.25, 0.3) is 0 Å². The summed E-state index contributed by atoms with van der Waals surface area (Å²) in [6.07, 6.45) is 3.40. The fourth-order valence-electron chi connectivity index (χ4n) is 3.47. The molecule has 17 heavy (non-hydrogen) atoms. The first-order valence-electron chi connectivity index (χ1n) is 5.99. The van der Waals surface area contributed by atoms with Gasteiger partial charge >= 0.3 is 0 Å². The third-order valence-corrected chi connectivity index (χ3v) is 4.26. The van der Waals surface area contributed by atoms with Gasteiger partial charge in [0.2, 0.25) is 0 Å². The molecular weight excluding hydrogens is 227 g/mol. The van der Waals surface area contributed by atoms with Crippen LogP contribution in [0.2, 0.25) is 0 Å². The molecule has 92 valence electrons. The molecule has 4 heteroatoms. The van der Waals surface area contributed by atoms with Crippen LogP contribution in [0.3, 0.4) is 0 Å². The normalized spacial score (nSPS) is 32.4. The summed E-state index contributed by atoms with van der Waals surface area (Å²) in [5.74, 6) is -1.40. The van der Waals surface area contributed by atoms with Crippen molar-refractivity contribution in [1.29, 1.82) is 0 Å². The Labute approximate surface area is 97.8 Å². The van der Waals surface area contributed by atoms with Gasteiger partial charge < -0.3 is 5.73 Å². The maximum Gasteiger partial charge on any atom is 0.133 e. The lowest BCUT2D eigenvalue weighted by atomic mass is 9.97. The molecule has 3 atom stereocenters. The van der Waals surface area contributed by atoms with Crippen molar-refractivity contribution < 1.29 is 13.2 Å². The lowest BCUT2D eigenvalue weighted by Crippen LogP contribution is -2.19. The van der Waals surface area contributed by atoms with Gasteiger partial charge in [0.1, 0.15) is 17.5 Å². The SMILES string of the molecule is NC(c1c(F)cc(F)cc1F)C1C2CCCC21. The second-order valence-electron chi connectivity index (χ2n) is 5.14. The maximum absolute atomic E-state index is 13.6. The van der Waals surface area contributed by atoms with Crippen LogP contribution < -0.4 is 5.73 Å². The Morgan fingerprint density at radius 2 is 1.59 bits per heavy atom. The molecule has 2 aliphatic carbocycles. The lowest BCUT2D eigenvalue weighted by Gasteiger charge is -2.15. The molecule has 0 radical (unpaired) electrons. The fraction of sp³-hybridized carbons (Fsp3) is 0.538. The molecular formula is C13H14F3N. The fourth-order valence-corrected chi connectivity index (χ4v) is 3.47. The molecule has 0 amide bonds. The van der Waals surface area contributed by atoms with Crippen LogP contribution in [0.1, 0.15) is 30.9 Å². The Balaban J connectivity index is 1.89. The molecule has 0 spiro atoms. The Bertz CT molecular complexity index is 427. The molecule has 2 aliphatic rings. The highest BCUT2D eigenvalue weighted by atomic mass is 19.1. The lowest BCUT2D eigenvalue weighted by molar-refractivity contribution is 0.447. The average Bonchev–Trinajstić information content (AvgIpc) is 2.71. The van der Waals surface area contributed by atoms with E-state index in [2.05, 4.69) is 0 Å². The molecule has 3 rings (SSSR count). The molecule has 2 N–H and O–H groups in total. The summed E-state index contributed by atoms with van der Waals surface area (Å²) in [5, 5.41) is 0. The Morgan fingerprint density at radius 3 is 2.12 bits per heavy atom. The summed E-state index contributed by atoms with van der Waals surface area (Å²) in [7, 11) is 0. The molecule has 0 saturated heterocycles. The van der Waals surface area contributed by atoms with Crippen molar-refractivity contribution in [2.24, 2.45) is 23.5 Å². The summed E-state index contributed by atoms with van der Waals surface area (Å²) >= 11 is 0. The smallest absolute Gasteiger partial charge is 0.133 e. The van der Waals surface area contributed by atoms with Crippen molar-refractivity contribution in [2.45, 2.75) is 25.3 Å². The van der Waals surface area contributed by atoms with Crippen molar-refractivity contribution in [1.82, 2.24) is 0 Å². The van der Waals surface area contributed by atoms with Crippen LogP contribution in [0.15, 0.2) is 12.1 Å². The van der Waals surface area contributed by atoms with Gasteiger partial charge in [-0.3, -0.25) is 0 Å². The van der Waals surface area contributed by atoms with Crippen LogP contribution in [-0.4, -0.2) is 0 Å². The van der Waals surface area contributed by atoms with Gasteiger partial charge in [0.15, 0.2) is 0 Å². The third kappa shape index (κ3) is 1.66. The minimum Gasteiger partial charge on any atom is -0.324 e. The highest BCUT2D eigenvalue weighted by Gasteiger charge is 2.55. The van der Waals surface area contributed by atoms with Crippen LogP contribution in [-0.2, 0) is 0 Å². The van der Waals surface area contributed by atoms with Crippen LogP contribution in [0.4, 0.5) is 13.2 Å². The topological polar surface area (TPSA) is 26.0 Å². The quantitative estimate of drug-likeness (QED) is 0.845. The van der Waals surface area contributed by atoms with Crippen molar-refractivity contribution in [3.63, 3.8) is 0 Å². The number of halogens is 3. The first-order chi connectivity index (χ1) is 8.09. The summed E-state index contributed by atoms with van der Waals surface area (Å²) in [4.78, 5) is 0. The predicted molar refractivity (Wildman–Crippen MR) is 57.6 cm³/mol. The van der Waals surface area contributed by atoms with E-state index in [0.717, 1.165) is 12.8 Å². The summed E-state index contributed by atoms with van der Waals surface area (Å²) in [5.41, 5.74) is 5.79. The Morgan fingerprint density at radius 1 is 1.06 bits per heavy atom. The molecule has 0 bridgehead atoms. The zero-order chi connectivity index (χ0) is 12.2. The van der Waals surface area contributed by atoms with E-state index in [1.165, 1.54) is 6.42 Å². The van der Waals surface area contributed by atoms with E-state index in [1.54, 1.807) is 0 Å². The van der Waals surface area contributed by atoms with Crippen molar-refractivity contribution in [3.8, 4) is 0 Å². The first-order valence-corrected chi connectivity index (χ1v) is 5.99. The molecule has 1 aromatic carbocycles. The summed E-state index contributed by atoms with van der Waals surface area (Å²) < 4.78 is 39.9. The van der Waals surface area contributed by atoms with Crippen molar-refractivity contribution in [2.75, 3.05) is 0 Å². The van der Waals surface area contributed by atoms with Gasteiger partial charge in [-0.15, -0.1) is 0 Å². The molecule has 0 aliphatic heterocycles. The molecule has 0 aromatic heterocycles. The van der Waals surface area contributed by atoms with Crippen LogP contribution >= 0.6 is 0 Å². The van der Waals surface area contributed by atoms with E-state index in [0.29, 0.717) is 24.0 Å². The molecule has 1 aromatic rings. The monoisotopic (exact) mass is 241 g/mol. The number of benzene rings is 1. The summed E-state index contributed by atoms with van der Waals surface area (Å²) in [6.45, 7) is 0. The van der Waals surface area contributed by atoms with Gasteiger partial charge in [-0.25, -0.2) is 13.2 Å². The van der Waals surface area contributed by atoms with E-state index in [-0.39, 0.29) is 11.5 Å². The first kappa shape index (κ1) is 11.1. The molecule has 3 unspecified atom stereocenters. The molecule has 2 saturated carbocycles. The minimum atomic E-state index is -0.896. The van der Waals surface area contributed by atoms with Gasteiger partial charge in [-0.2, -0.15) is 0 Å². The van der Waals surface area contributed by atoms with E-state index >= 15 is 0 Å². The molecule has 1 nitrogen and oxygen atoms in total. The number of rotatable bonds is 2. The van der Waals surface area contributed by atoms with Crippen LogP contribution in [0.5, 0.6) is 0 Å². The predicted octanol–water partition coefficient (Wildman–Crippen LogP) is 3.15. The van der Waals surface area contributed by atoms with Gasteiger partial charge in [0.05, 0.1) is 0 Å². The van der Waals surface area contributed by atoms with E-state index in [9.17, 15) is 13.2 Å². The van der Waals surface area contributed by atoms with Gasteiger partial charge in [-0.1, -0.05) is 6.42 Å². The largest absolute Gasteiger partial charge is 0.324 e. The number of hydrogen-bond donors (Lipinski definition) is 1. The third-order valence-electron chi connectivity index (χ3n) is 4.26. The number of hydrogen-bond acceptors (Lipinski definition) is 1. The highest BCUT2D eigenvalue weighted by molar-refractivity contribution is 5.27. The summed E-state index contributed by atoms with van der Waals surface area (Å²) in [6, 6.07) is 0.776. The Kier molecular flexibility index (Phi) is 2.43. The Hall–Kier alpha value is -1.03. The standard InChI is InChI=1S/C13H14F3N/c14-6-4-9(15)12(10(16)5-6)13(17)11-7-2-1-3-8(7)11/h4-5,7-8,11,13H,1-3,17H2. The maximum atomic E-state index is 13.6. The second-order valence-corrected chi connectivity index (χ2v) is 5.14. The van der Waals surface area contributed by atoms with Crippen LogP contribution in [0, 0.1) is 35.2 Å². The van der Waals surface area contributed by atoms with E-state index in [4.69, 9.17) is 5.73 Å². The van der Waals surface area contributed by atoms with Crippen molar-refractivity contribution >= 4 is 0 Å². The van der Waals surface area contributed by atoms with E-state index in [1.807, 2.05) is 0 Å². The average molecular weight is 241 g/mol. The highest BCUT2D eigenvalue weighted by Crippen LogP contribution is 2.61. The second kappa shape index (κ2) is 3.73. The molecule has 2 fully saturated rings. The number of nitrogens with two attached hydrogens (primary N) is 1. The van der Waals surface area contributed by atoms with Gasteiger partial charge in [0.25, 0.3) is 0 Å². The zero-order valence-electron chi connectivity index (χ0n) is 9.30. The van der Waals surface area contributed by atoms with Gasteiger partial charge in [-0.05, 0) is 30.6 Å². The van der Waals surface area contributed by atoms with E-state index < -0.39 is 23.5 Å². The van der Waals surface area contributed by atoms with Gasteiger partial charge in [0, 0.05) is 23.7 Å². The zero-order valence-corrected chi connectivity index (χ0v) is 9.30. The molecule has 0 heterocycles. The minimum absolute atomic E-state index is 0.147.